The number of rotatable bonds is 4. The highest BCUT2D eigenvalue weighted by Gasteiger charge is 2.41. The van der Waals surface area contributed by atoms with Gasteiger partial charge in [0.1, 0.15) is 5.92 Å². The molecule has 0 bridgehead atoms. The number of amides is 2. The third kappa shape index (κ3) is 3.74. The van der Waals surface area contributed by atoms with Crippen LogP contribution in [0.25, 0.3) is 11.1 Å². The molecule has 1 atom stereocenters. The number of carbonyl (C=O) groups is 3. The lowest BCUT2D eigenvalue weighted by molar-refractivity contribution is -0.142. The second-order valence-electron chi connectivity index (χ2n) is 6.14. The summed E-state index contributed by atoms with van der Waals surface area (Å²) in [7, 11) is 1.51. The number of Topliss-reactive ketones (excluding diaryl/α,β-unsaturated/α-hetero) is 1. The van der Waals surface area contributed by atoms with E-state index in [-0.39, 0.29) is 13.1 Å². The highest BCUT2D eigenvalue weighted by atomic mass is 35.5. The molecule has 1 saturated heterocycles. The molecule has 2 aromatic rings. The molecule has 2 aromatic carbocycles. The number of hydrogen-bond donors (Lipinski definition) is 1. The first kappa shape index (κ1) is 18.4. The number of carbonyl (C=O) groups excluding carboxylic acids is 3. The summed E-state index contributed by atoms with van der Waals surface area (Å²) in [6.07, 6.45) is 0. The Morgan fingerprint density at radius 3 is 2.65 bits per heavy atom. The Morgan fingerprint density at radius 1 is 1.19 bits per heavy atom. The van der Waals surface area contributed by atoms with E-state index in [0.29, 0.717) is 10.0 Å². The molecule has 26 heavy (non-hydrogen) atoms. The van der Waals surface area contributed by atoms with Crippen LogP contribution in [0.4, 0.5) is 0 Å². The first-order chi connectivity index (χ1) is 12.4. The summed E-state index contributed by atoms with van der Waals surface area (Å²) >= 11 is 12.3. The highest BCUT2D eigenvalue weighted by molar-refractivity contribution is 6.42. The number of benzene rings is 2. The van der Waals surface area contributed by atoms with Crippen molar-refractivity contribution in [3.05, 3.63) is 58.1 Å². The zero-order valence-corrected chi connectivity index (χ0v) is 15.5. The molecule has 3 rings (SSSR count). The van der Waals surface area contributed by atoms with E-state index in [0.717, 1.165) is 16.7 Å². The Kier molecular flexibility index (Phi) is 5.30. The van der Waals surface area contributed by atoms with Gasteiger partial charge in [-0.25, -0.2) is 0 Å². The van der Waals surface area contributed by atoms with E-state index in [9.17, 15) is 14.4 Å². The van der Waals surface area contributed by atoms with Crippen LogP contribution in [-0.4, -0.2) is 36.1 Å². The number of nitrogens with zero attached hydrogens (tertiary/aromatic N) is 1. The highest BCUT2D eigenvalue weighted by Crippen LogP contribution is 2.31. The summed E-state index contributed by atoms with van der Waals surface area (Å²) in [6.45, 7) is 0.355. The summed E-state index contributed by atoms with van der Waals surface area (Å²) in [5.41, 5.74) is 2.51. The van der Waals surface area contributed by atoms with Crippen molar-refractivity contribution in [2.45, 2.75) is 6.54 Å². The Bertz CT molecular complexity index is 898. The van der Waals surface area contributed by atoms with E-state index in [4.69, 9.17) is 23.2 Å². The maximum atomic E-state index is 12.2. The monoisotopic (exact) mass is 390 g/mol. The van der Waals surface area contributed by atoms with Gasteiger partial charge >= 0.3 is 0 Å². The SMILES string of the molecule is CN1CC(C(=O)NCc2cccc(-c3cc(Cl)ccc3Cl)c2)C(=O)C1=O. The van der Waals surface area contributed by atoms with Crippen LogP contribution in [0.3, 0.4) is 0 Å². The fourth-order valence-corrected chi connectivity index (χ4v) is 3.26. The molecule has 2 amide bonds. The van der Waals surface area contributed by atoms with E-state index in [1.807, 2.05) is 24.3 Å². The van der Waals surface area contributed by atoms with Gasteiger partial charge in [0, 0.05) is 35.7 Å². The molecule has 1 unspecified atom stereocenters. The first-order valence-electron chi connectivity index (χ1n) is 7.98. The van der Waals surface area contributed by atoms with Crippen LogP contribution in [0.1, 0.15) is 5.56 Å². The fourth-order valence-electron chi connectivity index (χ4n) is 2.86. The molecule has 0 saturated carbocycles. The molecule has 0 spiro atoms. The van der Waals surface area contributed by atoms with Gasteiger partial charge in [-0.3, -0.25) is 14.4 Å². The minimum Gasteiger partial charge on any atom is -0.351 e. The van der Waals surface area contributed by atoms with Crippen LogP contribution in [0.2, 0.25) is 10.0 Å². The minimum absolute atomic E-state index is 0.113. The lowest BCUT2D eigenvalue weighted by Gasteiger charge is -2.11. The third-order valence-electron chi connectivity index (χ3n) is 4.28. The maximum Gasteiger partial charge on any atom is 0.290 e. The Hall–Kier alpha value is -2.37. The van der Waals surface area contributed by atoms with Crippen molar-refractivity contribution in [2.75, 3.05) is 13.6 Å². The average Bonchev–Trinajstić information content (AvgIpc) is 2.89. The number of ketones is 1. The van der Waals surface area contributed by atoms with Crippen LogP contribution < -0.4 is 5.32 Å². The van der Waals surface area contributed by atoms with Gasteiger partial charge in [0.15, 0.2) is 0 Å². The molecular formula is C19H16Cl2N2O3. The van der Waals surface area contributed by atoms with Crippen molar-refractivity contribution in [3.63, 3.8) is 0 Å². The maximum absolute atomic E-state index is 12.2. The van der Waals surface area contributed by atoms with Crippen LogP contribution in [0.5, 0.6) is 0 Å². The van der Waals surface area contributed by atoms with Gasteiger partial charge in [-0.1, -0.05) is 41.4 Å². The number of likely N-dealkylation sites (N-methyl/N-ethyl adjacent to an activating group) is 1. The van der Waals surface area contributed by atoms with Gasteiger partial charge in [0.05, 0.1) is 0 Å². The molecule has 0 aliphatic carbocycles. The third-order valence-corrected chi connectivity index (χ3v) is 4.84. The largest absolute Gasteiger partial charge is 0.351 e. The number of likely N-dealkylation sites (tertiary alicyclic amines) is 1. The molecule has 1 N–H and O–H groups in total. The number of nitrogens with one attached hydrogen (secondary N) is 1. The van der Waals surface area contributed by atoms with Crippen LogP contribution >= 0.6 is 23.2 Å². The summed E-state index contributed by atoms with van der Waals surface area (Å²) in [4.78, 5) is 36.8. The fraction of sp³-hybridized carbons (Fsp3) is 0.211. The van der Waals surface area contributed by atoms with E-state index in [1.54, 1.807) is 18.2 Å². The molecule has 0 aromatic heterocycles. The molecule has 134 valence electrons. The molecule has 1 fully saturated rings. The zero-order valence-electron chi connectivity index (χ0n) is 14.0. The number of hydrogen-bond acceptors (Lipinski definition) is 3. The van der Waals surface area contributed by atoms with Crippen molar-refractivity contribution in [3.8, 4) is 11.1 Å². The second kappa shape index (κ2) is 7.48. The van der Waals surface area contributed by atoms with Crippen molar-refractivity contribution in [1.82, 2.24) is 10.2 Å². The molecule has 1 aliphatic rings. The Labute approximate surface area is 160 Å². The van der Waals surface area contributed by atoms with Gasteiger partial charge in [-0.2, -0.15) is 0 Å². The molecule has 1 aliphatic heterocycles. The predicted octanol–water partition coefficient (Wildman–Crippen LogP) is 2.93. The number of halogens is 2. The van der Waals surface area contributed by atoms with Crippen molar-refractivity contribution < 1.29 is 14.4 Å². The van der Waals surface area contributed by atoms with Crippen LogP contribution in [-0.2, 0) is 20.9 Å². The van der Waals surface area contributed by atoms with E-state index < -0.39 is 23.5 Å². The Morgan fingerprint density at radius 2 is 1.96 bits per heavy atom. The summed E-state index contributed by atoms with van der Waals surface area (Å²) in [6, 6.07) is 12.7. The smallest absolute Gasteiger partial charge is 0.290 e. The standard InChI is InChI=1S/C19H16Cl2N2O3/c1-23-10-15(17(24)19(23)26)18(25)22-9-11-3-2-4-12(7-11)14-8-13(20)5-6-16(14)21/h2-8,15H,9-10H2,1H3,(H,22,25). The van der Waals surface area contributed by atoms with Crippen LogP contribution in [0, 0.1) is 5.92 Å². The zero-order chi connectivity index (χ0) is 18.8. The van der Waals surface area contributed by atoms with Crippen molar-refractivity contribution in [2.24, 2.45) is 5.92 Å². The normalized spacial score (nSPS) is 16.9. The molecule has 5 nitrogen and oxygen atoms in total. The van der Waals surface area contributed by atoms with Gasteiger partial charge in [0.2, 0.25) is 11.7 Å². The van der Waals surface area contributed by atoms with Gasteiger partial charge in [-0.05, 0) is 35.4 Å². The molecule has 0 radical (unpaired) electrons. The average molecular weight is 391 g/mol. The van der Waals surface area contributed by atoms with Gasteiger partial charge in [-0.15, -0.1) is 0 Å². The van der Waals surface area contributed by atoms with Gasteiger partial charge < -0.3 is 10.2 Å². The van der Waals surface area contributed by atoms with Crippen molar-refractivity contribution >= 4 is 40.8 Å². The van der Waals surface area contributed by atoms with Crippen molar-refractivity contribution in [1.29, 1.82) is 0 Å². The first-order valence-corrected chi connectivity index (χ1v) is 8.74. The summed E-state index contributed by atoms with van der Waals surface area (Å²) < 4.78 is 0. The lowest BCUT2D eigenvalue weighted by Crippen LogP contribution is -2.35. The molecule has 7 heteroatoms. The topological polar surface area (TPSA) is 66.5 Å². The van der Waals surface area contributed by atoms with E-state index in [2.05, 4.69) is 5.32 Å². The van der Waals surface area contributed by atoms with E-state index >= 15 is 0 Å². The van der Waals surface area contributed by atoms with E-state index in [1.165, 1.54) is 11.9 Å². The summed E-state index contributed by atoms with van der Waals surface area (Å²) in [5.74, 6) is -2.68. The molecule has 1 heterocycles. The summed E-state index contributed by atoms with van der Waals surface area (Å²) in [5, 5.41) is 3.88. The minimum atomic E-state index is -0.946. The van der Waals surface area contributed by atoms with Gasteiger partial charge in [0.25, 0.3) is 5.91 Å². The molecular weight excluding hydrogens is 375 g/mol. The quantitative estimate of drug-likeness (QED) is 0.644. The Balaban J connectivity index is 1.72. The lowest BCUT2D eigenvalue weighted by atomic mass is 10.0. The predicted molar refractivity (Wildman–Crippen MR) is 99.9 cm³/mol. The second-order valence-corrected chi connectivity index (χ2v) is 6.99. The van der Waals surface area contributed by atoms with Crippen LogP contribution in [0.15, 0.2) is 42.5 Å².